The molecular weight excluding hydrogens is 194 g/mol. The summed E-state index contributed by atoms with van der Waals surface area (Å²) in [6, 6.07) is 9.14. The van der Waals surface area contributed by atoms with E-state index < -0.39 is 6.10 Å². The highest BCUT2D eigenvalue weighted by Gasteiger charge is 2.13. The van der Waals surface area contributed by atoms with Gasteiger partial charge in [-0.1, -0.05) is 18.2 Å². The van der Waals surface area contributed by atoms with E-state index in [4.69, 9.17) is 9.84 Å². The first-order valence-corrected chi connectivity index (χ1v) is 4.84. The minimum atomic E-state index is -0.557. The van der Waals surface area contributed by atoms with Gasteiger partial charge in [-0.3, -0.25) is 4.79 Å². The van der Waals surface area contributed by atoms with E-state index in [1.807, 2.05) is 18.2 Å². The van der Waals surface area contributed by atoms with Gasteiger partial charge in [0.1, 0.15) is 5.75 Å². The number of rotatable bonds is 5. The summed E-state index contributed by atoms with van der Waals surface area (Å²) in [5, 5.41) is 11.1. The molecule has 4 heteroatoms. The minimum absolute atomic E-state index is 0.0657. The van der Waals surface area contributed by atoms with Gasteiger partial charge in [-0.25, -0.2) is 0 Å². The number of ether oxygens (including phenoxy) is 1. The number of carbonyl (C=O) groups excluding carboxylic acids is 1. The zero-order chi connectivity index (χ0) is 11.1. The van der Waals surface area contributed by atoms with Crippen molar-refractivity contribution in [1.29, 1.82) is 0 Å². The molecule has 0 radical (unpaired) electrons. The van der Waals surface area contributed by atoms with Gasteiger partial charge in [0.2, 0.25) is 0 Å². The normalized spacial score (nSPS) is 11.9. The maximum Gasteiger partial charge on any atom is 0.260 e. The number of aliphatic hydroxyl groups excluding tert-OH is 1. The van der Waals surface area contributed by atoms with Gasteiger partial charge in [0.05, 0.1) is 6.61 Å². The molecule has 1 rings (SSSR count). The molecule has 1 atom stereocenters. The van der Waals surface area contributed by atoms with Gasteiger partial charge in [-0.2, -0.15) is 0 Å². The first kappa shape index (κ1) is 11.5. The van der Waals surface area contributed by atoms with Gasteiger partial charge in [0.15, 0.2) is 6.10 Å². The summed E-state index contributed by atoms with van der Waals surface area (Å²) < 4.78 is 5.38. The summed E-state index contributed by atoms with van der Waals surface area (Å²) >= 11 is 0. The average Bonchev–Trinajstić information content (AvgIpc) is 2.27. The molecule has 0 spiro atoms. The van der Waals surface area contributed by atoms with Crippen LogP contribution < -0.4 is 10.1 Å². The second-order valence-electron chi connectivity index (χ2n) is 3.09. The predicted molar refractivity (Wildman–Crippen MR) is 56.6 cm³/mol. The van der Waals surface area contributed by atoms with Gasteiger partial charge < -0.3 is 15.2 Å². The summed E-state index contributed by atoms with van der Waals surface area (Å²) in [4.78, 5) is 11.4. The molecule has 15 heavy (non-hydrogen) atoms. The molecule has 0 aliphatic carbocycles. The molecule has 0 heterocycles. The predicted octanol–water partition coefficient (Wildman–Crippen LogP) is 0.562. The van der Waals surface area contributed by atoms with E-state index in [0.717, 1.165) is 0 Å². The maximum atomic E-state index is 11.4. The largest absolute Gasteiger partial charge is 0.481 e. The van der Waals surface area contributed by atoms with Crippen molar-refractivity contribution in [1.82, 2.24) is 5.32 Å². The highest BCUT2D eigenvalue weighted by atomic mass is 16.5. The Bertz CT molecular complexity index is 300. The fourth-order valence-electron chi connectivity index (χ4n) is 1.08. The van der Waals surface area contributed by atoms with Crippen LogP contribution in [0.4, 0.5) is 0 Å². The molecule has 0 fully saturated rings. The second-order valence-corrected chi connectivity index (χ2v) is 3.09. The highest BCUT2D eigenvalue weighted by molar-refractivity contribution is 5.80. The quantitative estimate of drug-likeness (QED) is 0.745. The van der Waals surface area contributed by atoms with E-state index in [2.05, 4.69) is 5.32 Å². The van der Waals surface area contributed by atoms with Crippen LogP contribution >= 0.6 is 0 Å². The Morgan fingerprint density at radius 2 is 2.13 bits per heavy atom. The van der Waals surface area contributed by atoms with Crippen molar-refractivity contribution in [3.63, 3.8) is 0 Å². The van der Waals surface area contributed by atoms with Crippen LogP contribution in [0, 0.1) is 0 Å². The number of amides is 1. The number of para-hydroxylation sites is 1. The van der Waals surface area contributed by atoms with Crippen molar-refractivity contribution in [2.24, 2.45) is 0 Å². The Morgan fingerprint density at radius 1 is 1.47 bits per heavy atom. The number of nitrogens with one attached hydrogen (secondary N) is 1. The van der Waals surface area contributed by atoms with E-state index in [-0.39, 0.29) is 19.1 Å². The van der Waals surface area contributed by atoms with E-state index >= 15 is 0 Å². The monoisotopic (exact) mass is 209 g/mol. The lowest BCUT2D eigenvalue weighted by molar-refractivity contribution is -0.127. The first-order valence-electron chi connectivity index (χ1n) is 4.84. The number of aliphatic hydroxyl groups is 1. The molecule has 1 aromatic carbocycles. The Hall–Kier alpha value is -1.55. The van der Waals surface area contributed by atoms with Crippen LogP contribution in [0.1, 0.15) is 6.92 Å². The molecule has 0 saturated heterocycles. The van der Waals surface area contributed by atoms with Gasteiger partial charge in [-0.05, 0) is 19.1 Å². The Balaban J connectivity index is 2.41. The zero-order valence-electron chi connectivity index (χ0n) is 8.64. The summed E-state index contributed by atoms with van der Waals surface area (Å²) in [5.74, 6) is 0.428. The van der Waals surface area contributed by atoms with Crippen LogP contribution in [0.2, 0.25) is 0 Å². The van der Waals surface area contributed by atoms with Crippen LogP contribution in [-0.2, 0) is 4.79 Å². The highest BCUT2D eigenvalue weighted by Crippen LogP contribution is 2.10. The molecule has 0 unspecified atom stereocenters. The summed E-state index contributed by atoms with van der Waals surface area (Å²) in [6.45, 7) is 1.85. The fraction of sp³-hybridized carbons (Fsp3) is 0.364. The standard InChI is InChI=1S/C11H15NO3/c1-9(11(14)12-7-8-13)15-10-5-3-2-4-6-10/h2-6,9,13H,7-8H2,1H3,(H,12,14)/t9-/m1/s1. The Morgan fingerprint density at radius 3 is 2.73 bits per heavy atom. The maximum absolute atomic E-state index is 11.4. The van der Waals surface area contributed by atoms with Crippen LogP contribution in [-0.4, -0.2) is 30.3 Å². The Kier molecular flexibility index (Phi) is 4.63. The van der Waals surface area contributed by atoms with Crippen molar-refractivity contribution in [2.45, 2.75) is 13.0 Å². The van der Waals surface area contributed by atoms with Crippen molar-refractivity contribution in [2.75, 3.05) is 13.2 Å². The van der Waals surface area contributed by atoms with E-state index in [1.54, 1.807) is 19.1 Å². The van der Waals surface area contributed by atoms with Crippen molar-refractivity contribution >= 4 is 5.91 Å². The third-order valence-corrected chi connectivity index (χ3v) is 1.84. The second kappa shape index (κ2) is 6.03. The van der Waals surface area contributed by atoms with Crippen molar-refractivity contribution in [3.8, 4) is 5.75 Å². The van der Waals surface area contributed by atoms with Crippen LogP contribution in [0.3, 0.4) is 0 Å². The molecule has 4 nitrogen and oxygen atoms in total. The third-order valence-electron chi connectivity index (χ3n) is 1.84. The minimum Gasteiger partial charge on any atom is -0.481 e. The van der Waals surface area contributed by atoms with Crippen LogP contribution in [0.25, 0.3) is 0 Å². The molecule has 1 aromatic rings. The molecule has 0 saturated carbocycles. The summed E-state index contributed by atoms with van der Waals surface area (Å²) in [5.41, 5.74) is 0. The zero-order valence-corrected chi connectivity index (χ0v) is 8.64. The van der Waals surface area contributed by atoms with Crippen molar-refractivity contribution in [3.05, 3.63) is 30.3 Å². The number of hydrogen-bond donors (Lipinski definition) is 2. The molecule has 2 N–H and O–H groups in total. The molecule has 0 aromatic heterocycles. The first-order chi connectivity index (χ1) is 7.24. The average molecular weight is 209 g/mol. The molecular formula is C11H15NO3. The fourth-order valence-corrected chi connectivity index (χ4v) is 1.08. The number of benzene rings is 1. The third kappa shape index (κ3) is 3.99. The van der Waals surface area contributed by atoms with E-state index in [9.17, 15) is 4.79 Å². The van der Waals surface area contributed by atoms with Gasteiger partial charge in [-0.15, -0.1) is 0 Å². The molecule has 0 bridgehead atoms. The van der Waals surface area contributed by atoms with Gasteiger partial charge >= 0.3 is 0 Å². The van der Waals surface area contributed by atoms with Gasteiger partial charge in [0, 0.05) is 6.54 Å². The lowest BCUT2D eigenvalue weighted by Crippen LogP contribution is -2.37. The summed E-state index contributed by atoms with van der Waals surface area (Å²) in [6.07, 6.45) is -0.557. The topological polar surface area (TPSA) is 58.6 Å². The van der Waals surface area contributed by atoms with E-state index in [1.165, 1.54) is 0 Å². The lowest BCUT2D eigenvalue weighted by Gasteiger charge is -2.13. The van der Waals surface area contributed by atoms with E-state index in [0.29, 0.717) is 5.75 Å². The SMILES string of the molecule is C[C@@H](Oc1ccccc1)C(=O)NCCO. The van der Waals surface area contributed by atoms with Crippen LogP contribution in [0.15, 0.2) is 30.3 Å². The molecule has 82 valence electrons. The molecule has 1 amide bonds. The van der Waals surface area contributed by atoms with Crippen LogP contribution in [0.5, 0.6) is 5.75 Å². The lowest BCUT2D eigenvalue weighted by atomic mass is 10.3. The Labute approximate surface area is 88.9 Å². The molecule has 0 aliphatic heterocycles. The molecule has 0 aliphatic rings. The number of hydrogen-bond acceptors (Lipinski definition) is 3. The summed E-state index contributed by atoms with van der Waals surface area (Å²) in [7, 11) is 0. The smallest absolute Gasteiger partial charge is 0.260 e. The van der Waals surface area contributed by atoms with Crippen molar-refractivity contribution < 1.29 is 14.6 Å². The van der Waals surface area contributed by atoms with Gasteiger partial charge in [0.25, 0.3) is 5.91 Å². The number of carbonyl (C=O) groups is 1.